The highest BCUT2D eigenvalue weighted by molar-refractivity contribution is 6.10. The van der Waals surface area contributed by atoms with Gasteiger partial charge in [0.25, 0.3) is 0 Å². The molecular weight excluding hydrogens is 677 g/mol. The Balaban J connectivity index is 1.13. The summed E-state index contributed by atoms with van der Waals surface area (Å²) in [7, 11) is 0. The predicted molar refractivity (Wildman–Crippen MR) is 233 cm³/mol. The minimum Gasteiger partial charge on any atom is -0.310 e. The maximum atomic E-state index is 2.54. The average molecular weight is 717 g/mol. The quantitative estimate of drug-likeness (QED) is 0.176. The van der Waals surface area contributed by atoms with Crippen LogP contribution in [0.15, 0.2) is 182 Å². The van der Waals surface area contributed by atoms with E-state index in [2.05, 4.69) is 205 Å². The molecule has 12 rings (SSSR count). The van der Waals surface area contributed by atoms with E-state index >= 15 is 0 Å². The molecule has 1 heterocycles. The summed E-state index contributed by atoms with van der Waals surface area (Å²) < 4.78 is 2.43. The fourth-order valence-corrected chi connectivity index (χ4v) is 10.9. The van der Waals surface area contributed by atoms with Crippen LogP contribution in [-0.2, 0) is 23.7 Å². The fourth-order valence-electron chi connectivity index (χ4n) is 10.9. The number of rotatable bonds is 4. The molecule has 8 aromatic carbocycles. The first-order chi connectivity index (χ1) is 27.5. The molecule has 266 valence electrons. The lowest BCUT2D eigenvalue weighted by molar-refractivity contribution is 0.563. The summed E-state index contributed by atoms with van der Waals surface area (Å²) in [6.07, 6.45) is 2.07. The number of para-hydroxylation sites is 2. The Hall–Kier alpha value is -6.64. The van der Waals surface area contributed by atoms with Crippen LogP contribution >= 0.6 is 0 Å². The van der Waals surface area contributed by atoms with E-state index in [0.717, 1.165) is 24.2 Å². The van der Waals surface area contributed by atoms with Crippen LogP contribution in [0.1, 0.15) is 47.2 Å². The standard InChI is InChI=1S/C54H40N2/c1-53(2)45-22-11-9-21-43(45)52-48(53)24-14-26-50(52)55(39-27-29-42-41-20-10-13-25-49(41)56(51(42)32-39)37-17-4-3-5-18-37)38-28-30-47-44(31-38)40-19-8-12-23-46(40)54(47)33-35-15-6-7-16-36(35)34-54/h3-32H,33-34H2,1-2H3. The first-order valence-electron chi connectivity index (χ1n) is 19.9. The van der Waals surface area contributed by atoms with Crippen molar-refractivity contribution in [3.63, 3.8) is 0 Å². The molecule has 0 atom stereocenters. The monoisotopic (exact) mass is 716 g/mol. The molecule has 0 amide bonds. The highest BCUT2D eigenvalue weighted by atomic mass is 15.1. The fraction of sp³-hybridized carbons (Fsp3) is 0.111. The number of hydrogen-bond donors (Lipinski definition) is 0. The van der Waals surface area contributed by atoms with E-state index in [1.165, 1.54) is 88.8 Å². The van der Waals surface area contributed by atoms with Gasteiger partial charge < -0.3 is 9.47 Å². The van der Waals surface area contributed by atoms with Crippen molar-refractivity contribution in [2.24, 2.45) is 0 Å². The molecular formula is C54H40N2. The minimum absolute atomic E-state index is 0.0501. The van der Waals surface area contributed by atoms with E-state index in [4.69, 9.17) is 0 Å². The van der Waals surface area contributed by atoms with E-state index in [1.807, 2.05) is 0 Å². The van der Waals surface area contributed by atoms with Gasteiger partial charge in [0.15, 0.2) is 0 Å². The van der Waals surface area contributed by atoms with Gasteiger partial charge >= 0.3 is 0 Å². The third-order valence-electron chi connectivity index (χ3n) is 13.4. The molecule has 0 fully saturated rings. The second-order valence-electron chi connectivity index (χ2n) is 16.6. The van der Waals surface area contributed by atoms with Crippen LogP contribution in [-0.4, -0.2) is 4.57 Å². The zero-order valence-corrected chi connectivity index (χ0v) is 31.6. The van der Waals surface area contributed by atoms with E-state index in [-0.39, 0.29) is 10.8 Å². The number of hydrogen-bond acceptors (Lipinski definition) is 1. The molecule has 3 aliphatic rings. The van der Waals surface area contributed by atoms with Crippen molar-refractivity contribution < 1.29 is 0 Å². The van der Waals surface area contributed by atoms with Gasteiger partial charge in [-0.15, -0.1) is 0 Å². The summed E-state index contributed by atoms with van der Waals surface area (Å²) in [6.45, 7) is 4.75. The zero-order valence-electron chi connectivity index (χ0n) is 31.6. The van der Waals surface area contributed by atoms with E-state index < -0.39 is 0 Å². The maximum Gasteiger partial charge on any atom is 0.0561 e. The molecule has 2 heteroatoms. The van der Waals surface area contributed by atoms with Crippen molar-refractivity contribution in [1.29, 1.82) is 0 Å². The minimum atomic E-state index is -0.113. The van der Waals surface area contributed by atoms with Gasteiger partial charge in [-0.05, 0) is 111 Å². The summed E-state index contributed by atoms with van der Waals surface area (Å²) in [5.74, 6) is 0. The Bertz CT molecular complexity index is 3050. The molecule has 56 heavy (non-hydrogen) atoms. The lowest BCUT2D eigenvalue weighted by Crippen LogP contribution is -2.25. The molecule has 0 bridgehead atoms. The van der Waals surface area contributed by atoms with Crippen LogP contribution in [0.4, 0.5) is 17.1 Å². The Kier molecular flexibility index (Phi) is 6.47. The lowest BCUT2D eigenvalue weighted by Gasteiger charge is -2.30. The van der Waals surface area contributed by atoms with Crippen molar-refractivity contribution in [3.8, 4) is 27.9 Å². The second-order valence-corrected chi connectivity index (χ2v) is 16.6. The van der Waals surface area contributed by atoms with Crippen molar-refractivity contribution in [3.05, 3.63) is 215 Å². The van der Waals surface area contributed by atoms with Crippen LogP contribution in [0, 0.1) is 0 Å². The molecule has 1 aromatic heterocycles. The van der Waals surface area contributed by atoms with Crippen molar-refractivity contribution in [2.45, 2.75) is 37.5 Å². The predicted octanol–water partition coefficient (Wildman–Crippen LogP) is 13.6. The molecule has 0 saturated carbocycles. The van der Waals surface area contributed by atoms with Crippen LogP contribution in [0.25, 0.3) is 49.7 Å². The van der Waals surface area contributed by atoms with Gasteiger partial charge in [0.2, 0.25) is 0 Å². The summed E-state index contributed by atoms with van der Waals surface area (Å²) in [6, 6.07) is 68.3. The van der Waals surface area contributed by atoms with Gasteiger partial charge in [0.05, 0.1) is 16.7 Å². The first-order valence-corrected chi connectivity index (χ1v) is 19.9. The van der Waals surface area contributed by atoms with Crippen LogP contribution in [0.3, 0.4) is 0 Å². The second kappa shape index (κ2) is 11.4. The molecule has 0 unspecified atom stereocenters. The van der Waals surface area contributed by atoms with Gasteiger partial charge in [-0.2, -0.15) is 0 Å². The van der Waals surface area contributed by atoms with Gasteiger partial charge in [-0.25, -0.2) is 0 Å². The topological polar surface area (TPSA) is 8.17 Å². The number of aromatic nitrogens is 1. The van der Waals surface area contributed by atoms with Gasteiger partial charge in [-0.1, -0.05) is 147 Å². The summed E-state index contributed by atoms with van der Waals surface area (Å²) in [5.41, 5.74) is 20.9. The number of anilines is 3. The van der Waals surface area contributed by atoms with Crippen LogP contribution in [0.5, 0.6) is 0 Å². The number of benzene rings is 8. The van der Waals surface area contributed by atoms with Gasteiger partial charge in [0, 0.05) is 44.2 Å². The first kappa shape index (κ1) is 31.7. The Morgan fingerprint density at radius 2 is 1.05 bits per heavy atom. The molecule has 0 aliphatic heterocycles. The summed E-state index contributed by atoms with van der Waals surface area (Å²) in [4.78, 5) is 2.54. The highest BCUT2D eigenvalue weighted by Crippen LogP contribution is 2.58. The number of fused-ring (bicyclic) bond motifs is 12. The summed E-state index contributed by atoms with van der Waals surface area (Å²) in [5, 5.41) is 2.52. The van der Waals surface area contributed by atoms with Crippen molar-refractivity contribution in [2.75, 3.05) is 4.90 Å². The van der Waals surface area contributed by atoms with Crippen LogP contribution in [0.2, 0.25) is 0 Å². The average Bonchev–Trinajstić information content (AvgIpc) is 3.94. The van der Waals surface area contributed by atoms with Gasteiger partial charge in [-0.3, -0.25) is 0 Å². The van der Waals surface area contributed by atoms with E-state index in [1.54, 1.807) is 0 Å². The third kappa shape index (κ3) is 4.22. The largest absolute Gasteiger partial charge is 0.310 e. The molecule has 3 aliphatic carbocycles. The zero-order chi connectivity index (χ0) is 37.2. The normalized spacial score (nSPS) is 15.1. The molecule has 1 spiro atoms. The SMILES string of the molecule is CC1(C)c2ccccc2-c2c(N(c3ccc4c(c3)-c3ccccc3C43Cc4ccccc4C3)c3ccc4c5ccccc5n(-c5ccccc5)c4c3)cccc21. The van der Waals surface area contributed by atoms with Crippen LogP contribution < -0.4 is 4.90 Å². The summed E-state index contributed by atoms with van der Waals surface area (Å²) >= 11 is 0. The molecule has 0 N–H and O–H groups in total. The van der Waals surface area contributed by atoms with Crippen molar-refractivity contribution in [1.82, 2.24) is 4.57 Å². The van der Waals surface area contributed by atoms with Gasteiger partial charge in [0.1, 0.15) is 0 Å². The molecule has 2 nitrogen and oxygen atoms in total. The number of nitrogens with zero attached hydrogens (tertiary/aromatic N) is 2. The lowest BCUT2D eigenvalue weighted by atomic mass is 9.75. The highest BCUT2D eigenvalue weighted by Gasteiger charge is 2.47. The van der Waals surface area contributed by atoms with Crippen molar-refractivity contribution >= 4 is 38.9 Å². The Morgan fingerprint density at radius 1 is 0.446 bits per heavy atom. The smallest absolute Gasteiger partial charge is 0.0561 e. The van der Waals surface area contributed by atoms with E-state index in [0.29, 0.717) is 0 Å². The molecule has 9 aromatic rings. The maximum absolute atomic E-state index is 2.54. The molecule has 0 saturated heterocycles. The van der Waals surface area contributed by atoms with E-state index in [9.17, 15) is 0 Å². The Morgan fingerprint density at radius 3 is 1.88 bits per heavy atom. The third-order valence-corrected chi connectivity index (χ3v) is 13.4. The molecule has 0 radical (unpaired) electrons. The Labute approximate surface area is 327 Å².